The average molecular weight is 294 g/mol. The van der Waals surface area contributed by atoms with Crippen molar-refractivity contribution in [1.29, 1.82) is 0 Å². The van der Waals surface area contributed by atoms with Crippen LogP contribution in [0.15, 0.2) is 24.3 Å². The molecule has 0 saturated heterocycles. The van der Waals surface area contributed by atoms with Crippen molar-refractivity contribution in [2.24, 2.45) is 5.73 Å². The Labute approximate surface area is 126 Å². The van der Waals surface area contributed by atoms with Gasteiger partial charge in [-0.05, 0) is 39.3 Å². The second-order valence-corrected chi connectivity index (χ2v) is 6.38. The first-order chi connectivity index (χ1) is 9.69. The van der Waals surface area contributed by atoms with E-state index < -0.39 is 17.2 Å². The van der Waals surface area contributed by atoms with Crippen LogP contribution in [0.1, 0.15) is 33.3 Å². The fourth-order valence-electron chi connectivity index (χ4n) is 1.99. The van der Waals surface area contributed by atoms with Crippen LogP contribution in [0.2, 0.25) is 0 Å². The van der Waals surface area contributed by atoms with E-state index in [1.807, 2.05) is 52.0 Å². The number of methoxy groups -OCH3 is 1. The highest BCUT2D eigenvalue weighted by atomic mass is 16.6. The second-order valence-electron chi connectivity index (χ2n) is 6.38. The van der Waals surface area contributed by atoms with E-state index in [-0.39, 0.29) is 0 Å². The van der Waals surface area contributed by atoms with Gasteiger partial charge in [-0.2, -0.15) is 0 Å². The highest BCUT2D eigenvalue weighted by Crippen LogP contribution is 2.22. The Morgan fingerprint density at radius 3 is 2.38 bits per heavy atom. The molecule has 21 heavy (non-hydrogen) atoms. The van der Waals surface area contributed by atoms with Gasteiger partial charge in [0.25, 0.3) is 0 Å². The number of ether oxygens (including phenoxy) is 2. The molecule has 0 saturated carbocycles. The fourth-order valence-corrected chi connectivity index (χ4v) is 1.99. The molecule has 0 aliphatic rings. The molecule has 0 aliphatic heterocycles. The molecule has 1 rings (SSSR count). The van der Waals surface area contributed by atoms with Gasteiger partial charge in [-0.25, -0.2) is 4.79 Å². The Kier molecular flexibility index (Phi) is 5.61. The van der Waals surface area contributed by atoms with Crippen molar-refractivity contribution in [3.63, 3.8) is 0 Å². The Hall–Kier alpha value is -1.75. The summed E-state index contributed by atoms with van der Waals surface area (Å²) in [5.41, 5.74) is 5.70. The monoisotopic (exact) mass is 294 g/mol. The Bertz CT molecular complexity index is 483. The Morgan fingerprint density at radius 2 is 1.86 bits per heavy atom. The number of hydrogen-bond donors (Lipinski definition) is 2. The van der Waals surface area contributed by atoms with Crippen LogP contribution in [0.4, 0.5) is 4.79 Å². The van der Waals surface area contributed by atoms with Gasteiger partial charge in [0.1, 0.15) is 11.4 Å². The van der Waals surface area contributed by atoms with Crippen molar-refractivity contribution < 1.29 is 14.3 Å². The molecular weight excluding hydrogens is 268 g/mol. The van der Waals surface area contributed by atoms with Gasteiger partial charge >= 0.3 is 6.09 Å². The van der Waals surface area contributed by atoms with Crippen LogP contribution >= 0.6 is 0 Å². The SMILES string of the molecule is COc1ccccc1CC(C)(CN)NC(=O)OC(C)(C)C. The van der Waals surface area contributed by atoms with E-state index in [9.17, 15) is 4.79 Å². The smallest absolute Gasteiger partial charge is 0.408 e. The predicted octanol–water partition coefficient (Wildman–Crippen LogP) is 2.48. The summed E-state index contributed by atoms with van der Waals surface area (Å²) in [6.45, 7) is 7.67. The number of alkyl carbamates (subject to hydrolysis) is 1. The lowest BCUT2D eigenvalue weighted by molar-refractivity contribution is 0.0467. The van der Waals surface area contributed by atoms with E-state index >= 15 is 0 Å². The molecule has 5 heteroatoms. The predicted molar refractivity (Wildman–Crippen MR) is 83.5 cm³/mol. The number of carbonyl (C=O) groups is 1. The Balaban J connectivity index is 2.82. The summed E-state index contributed by atoms with van der Waals surface area (Å²) in [5, 5.41) is 2.86. The zero-order valence-corrected chi connectivity index (χ0v) is 13.5. The van der Waals surface area contributed by atoms with Gasteiger partial charge in [0, 0.05) is 13.0 Å². The molecule has 0 fully saturated rings. The number of carbonyl (C=O) groups excluding carboxylic acids is 1. The maximum absolute atomic E-state index is 12.0. The minimum absolute atomic E-state index is 0.296. The molecule has 1 atom stereocenters. The maximum Gasteiger partial charge on any atom is 0.408 e. The summed E-state index contributed by atoms with van der Waals surface area (Å²) in [6, 6.07) is 7.69. The molecular formula is C16H26N2O3. The number of amides is 1. The molecule has 0 heterocycles. The van der Waals surface area contributed by atoms with Crippen LogP contribution in [0.3, 0.4) is 0 Å². The third kappa shape index (κ3) is 5.63. The van der Waals surface area contributed by atoms with Crippen LogP contribution in [0.5, 0.6) is 5.75 Å². The molecule has 1 aromatic rings. The number of rotatable bonds is 5. The quantitative estimate of drug-likeness (QED) is 0.875. The van der Waals surface area contributed by atoms with Crippen molar-refractivity contribution in [2.45, 2.75) is 45.3 Å². The van der Waals surface area contributed by atoms with E-state index in [1.165, 1.54) is 0 Å². The third-order valence-electron chi connectivity index (χ3n) is 3.03. The van der Waals surface area contributed by atoms with Crippen molar-refractivity contribution >= 4 is 6.09 Å². The summed E-state index contributed by atoms with van der Waals surface area (Å²) in [5.74, 6) is 0.781. The minimum atomic E-state index is -0.600. The first-order valence-corrected chi connectivity index (χ1v) is 7.02. The van der Waals surface area contributed by atoms with Crippen LogP contribution in [-0.4, -0.2) is 30.9 Å². The van der Waals surface area contributed by atoms with Crippen LogP contribution in [0, 0.1) is 0 Å². The summed E-state index contributed by atoms with van der Waals surface area (Å²) in [7, 11) is 1.62. The van der Waals surface area contributed by atoms with Gasteiger partial charge in [0.05, 0.1) is 12.6 Å². The number of nitrogens with two attached hydrogens (primary N) is 1. The van der Waals surface area contributed by atoms with Crippen LogP contribution < -0.4 is 15.8 Å². The number of para-hydroxylation sites is 1. The molecule has 0 aliphatic carbocycles. The average Bonchev–Trinajstić information content (AvgIpc) is 2.36. The summed E-state index contributed by atoms with van der Waals surface area (Å²) in [4.78, 5) is 12.0. The molecule has 1 aromatic carbocycles. The van der Waals surface area contributed by atoms with E-state index in [0.717, 1.165) is 11.3 Å². The lowest BCUT2D eigenvalue weighted by Gasteiger charge is -2.31. The van der Waals surface area contributed by atoms with Crippen LogP contribution in [0.25, 0.3) is 0 Å². The summed E-state index contributed by atoms with van der Waals surface area (Å²) < 4.78 is 10.6. The lowest BCUT2D eigenvalue weighted by atomic mass is 9.92. The second kappa shape index (κ2) is 6.80. The molecule has 1 unspecified atom stereocenters. The van der Waals surface area contributed by atoms with E-state index in [2.05, 4.69) is 5.32 Å². The van der Waals surface area contributed by atoms with E-state index in [4.69, 9.17) is 15.2 Å². The Morgan fingerprint density at radius 1 is 1.24 bits per heavy atom. The van der Waals surface area contributed by atoms with Gasteiger partial charge in [-0.15, -0.1) is 0 Å². The van der Waals surface area contributed by atoms with E-state index in [1.54, 1.807) is 7.11 Å². The van der Waals surface area contributed by atoms with Crippen molar-refractivity contribution in [1.82, 2.24) is 5.32 Å². The minimum Gasteiger partial charge on any atom is -0.496 e. The lowest BCUT2D eigenvalue weighted by Crippen LogP contribution is -2.54. The maximum atomic E-state index is 12.0. The van der Waals surface area contributed by atoms with Gasteiger partial charge in [0.2, 0.25) is 0 Å². The summed E-state index contributed by atoms with van der Waals surface area (Å²) >= 11 is 0. The van der Waals surface area contributed by atoms with Gasteiger partial charge in [-0.1, -0.05) is 18.2 Å². The molecule has 5 nitrogen and oxygen atoms in total. The number of benzene rings is 1. The molecule has 0 radical (unpaired) electrons. The molecule has 118 valence electrons. The van der Waals surface area contributed by atoms with E-state index in [0.29, 0.717) is 13.0 Å². The highest BCUT2D eigenvalue weighted by molar-refractivity contribution is 5.69. The number of nitrogens with one attached hydrogen (secondary N) is 1. The third-order valence-corrected chi connectivity index (χ3v) is 3.03. The summed E-state index contributed by atoms with van der Waals surface area (Å²) in [6.07, 6.45) is 0.0950. The van der Waals surface area contributed by atoms with Gasteiger partial charge < -0.3 is 20.5 Å². The van der Waals surface area contributed by atoms with Crippen molar-refractivity contribution in [3.8, 4) is 5.75 Å². The van der Waals surface area contributed by atoms with Crippen LogP contribution in [-0.2, 0) is 11.2 Å². The van der Waals surface area contributed by atoms with Crippen molar-refractivity contribution in [2.75, 3.05) is 13.7 Å². The number of hydrogen-bond acceptors (Lipinski definition) is 4. The normalized spacial score (nSPS) is 14.2. The molecule has 0 bridgehead atoms. The molecule has 3 N–H and O–H groups in total. The molecule has 1 amide bonds. The van der Waals surface area contributed by atoms with Gasteiger partial charge in [-0.3, -0.25) is 0 Å². The largest absolute Gasteiger partial charge is 0.496 e. The fraction of sp³-hybridized carbons (Fsp3) is 0.562. The topological polar surface area (TPSA) is 73.6 Å². The molecule has 0 spiro atoms. The first-order valence-electron chi connectivity index (χ1n) is 7.02. The zero-order chi connectivity index (χ0) is 16.1. The van der Waals surface area contributed by atoms with Gasteiger partial charge in [0.15, 0.2) is 0 Å². The molecule has 0 aromatic heterocycles. The standard InChI is InChI=1S/C16H26N2O3/c1-15(2,3)21-14(19)18-16(4,11-17)10-12-8-6-7-9-13(12)20-5/h6-9H,10-11,17H2,1-5H3,(H,18,19). The zero-order valence-electron chi connectivity index (χ0n) is 13.5. The highest BCUT2D eigenvalue weighted by Gasteiger charge is 2.29. The van der Waals surface area contributed by atoms with Crippen molar-refractivity contribution in [3.05, 3.63) is 29.8 Å². The first kappa shape index (κ1) is 17.3.